The number of aliphatic hydroxyl groups is 1. The summed E-state index contributed by atoms with van der Waals surface area (Å²) in [5, 5.41) is 12.2. The summed E-state index contributed by atoms with van der Waals surface area (Å²) in [6, 6.07) is 0. The predicted molar refractivity (Wildman–Crippen MR) is 68.7 cm³/mol. The Morgan fingerprint density at radius 2 is 2.35 bits per heavy atom. The Hall–Kier alpha value is -0.610. The van der Waals surface area contributed by atoms with Crippen molar-refractivity contribution >= 4 is 5.91 Å². The molecule has 1 aliphatic rings. The van der Waals surface area contributed by atoms with Crippen LogP contribution in [0.5, 0.6) is 0 Å². The van der Waals surface area contributed by atoms with E-state index >= 15 is 0 Å². The minimum Gasteiger partial charge on any atom is -0.396 e. The molecule has 2 N–H and O–H groups in total. The van der Waals surface area contributed by atoms with E-state index in [1.54, 1.807) is 0 Å². The number of aliphatic hydroxyl groups excluding tert-OH is 1. The van der Waals surface area contributed by atoms with Crippen molar-refractivity contribution in [2.24, 2.45) is 11.8 Å². The van der Waals surface area contributed by atoms with Gasteiger partial charge in [-0.2, -0.15) is 0 Å². The molecular formula is C13H26N2O2. The number of piperidine rings is 1. The summed E-state index contributed by atoms with van der Waals surface area (Å²) in [7, 11) is 0. The van der Waals surface area contributed by atoms with Gasteiger partial charge in [-0.1, -0.05) is 13.8 Å². The van der Waals surface area contributed by atoms with Crippen molar-refractivity contribution in [3.05, 3.63) is 0 Å². The van der Waals surface area contributed by atoms with Crippen LogP contribution in [0.3, 0.4) is 0 Å². The summed E-state index contributed by atoms with van der Waals surface area (Å²) in [5.74, 6) is 0.806. The number of carbonyl (C=O) groups is 1. The zero-order valence-corrected chi connectivity index (χ0v) is 11.1. The molecule has 0 aromatic carbocycles. The Balaban J connectivity index is 2.39. The molecule has 1 heterocycles. The predicted octanol–water partition coefficient (Wildman–Crippen LogP) is 0.853. The highest BCUT2D eigenvalue weighted by atomic mass is 16.3. The first-order valence-electron chi connectivity index (χ1n) is 6.79. The highest BCUT2D eigenvalue weighted by Crippen LogP contribution is 2.20. The number of rotatable bonds is 6. The van der Waals surface area contributed by atoms with Gasteiger partial charge in [0, 0.05) is 32.2 Å². The summed E-state index contributed by atoms with van der Waals surface area (Å²) in [5.41, 5.74) is 0. The molecule has 0 aromatic rings. The minimum absolute atomic E-state index is 0.0582. The zero-order valence-electron chi connectivity index (χ0n) is 11.1. The minimum atomic E-state index is 0.0582. The molecule has 0 radical (unpaired) electrons. The van der Waals surface area contributed by atoms with Crippen molar-refractivity contribution in [2.45, 2.75) is 33.1 Å². The molecule has 4 heteroatoms. The van der Waals surface area contributed by atoms with E-state index in [1.807, 2.05) is 11.8 Å². The lowest BCUT2D eigenvalue weighted by Gasteiger charge is -2.34. The second-order valence-electron chi connectivity index (χ2n) is 5.01. The van der Waals surface area contributed by atoms with Crippen molar-refractivity contribution in [2.75, 3.05) is 32.8 Å². The quantitative estimate of drug-likeness (QED) is 0.726. The smallest absolute Gasteiger partial charge is 0.226 e. The molecule has 0 saturated carbocycles. The van der Waals surface area contributed by atoms with Crippen molar-refractivity contribution in [1.29, 1.82) is 0 Å². The van der Waals surface area contributed by atoms with Crippen LogP contribution in [-0.2, 0) is 4.79 Å². The van der Waals surface area contributed by atoms with E-state index in [1.165, 1.54) is 0 Å². The number of nitrogens with zero attached hydrogens (tertiary/aromatic N) is 1. The average Bonchev–Trinajstić information content (AvgIpc) is 2.35. The molecule has 0 bridgehead atoms. The Bertz CT molecular complexity index is 231. The van der Waals surface area contributed by atoms with Crippen molar-refractivity contribution in [1.82, 2.24) is 10.2 Å². The van der Waals surface area contributed by atoms with E-state index < -0.39 is 0 Å². The first-order chi connectivity index (χ1) is 8.19. The summed E-state index contributed by atoms with van der Waals surface area (Å²) >= 11 is 0. The number of nitrogens with one attached hydrogen (secondary N) is 1. The largest absolute Gasteiger partial charge is 0.396 e. The third-order valence-corrected chi connectivity index (χ3v) is 3.49. The van der Waals surface area contributed by atoms with Gasteiger partial charge in [0.05, 0.1) is 0 Å². The van der Waals surface area contributed by atoms with Crippen LogP contribution < -0.4 is 5.32 Å². The third-order valence-electron chi connectivity index (χ3n) is 3.49. The number of carbonyl (C=O) groups excluding carboxylic acids is 1. The fourth-order valence-corrected chi connectivity index (χ4v) is 2.44. The highest BCUT2D eigenvalue weighted by molar-refractivity contribution is 5.78. The fourth-order valence-electron chi connectivity index (χ4n) is 2.44. The maximum absolute atomic E-state index is 12.2. The van der Waals surface area contributed by atoms with E-state index in [-0.39, 0.29) is 18.4 Å². The van der Waals surface area contributed by atoms with Crippen LogP contribution in [0.25, 0.3) is 0 Å². The van der Waals surface area contributed by atoms with Crippen LogP contribution in [0.1, 0.15) is 33.1 Å². The van der Waals surface area contributed by atoms with Crippen molar-refractivity contribution < 1.29 is 9.90 Å². The second-order valence-corrected chi connectivity index (χ2v) is 5.01. The molecule has 1 rings (SSSR count). The van der Waals surface area contributed by atoms with Gasteiger partial charge in [0.25, 0.3) is 0 Å². The molecule has 4 nitrogen and oxygen atoms in total. The van der Waals surface area contributed by atoms with E-state index in [4.69, 9.17) is 5.11 Å². The molecule has 1 saturated heterocycles. The number of hydrogen-bond donors (Lipinski definition) is 2. The summed E-state index contributed by atoms with van der Waals surface area (Å²) in [6.45, 7) is 7.66. The number of amides is 1. The molecule has 1 amide bonds. The molecule has 0 aliphatic carbocycles. The maximum Gasteiger partial charge on any atom is 0.226 e. The topological polar surface area (TPSA) is 52.6 Å². The average molecular weight is 242 g/mol. The van der Waals surface area contributed by atoms with Crippen molar-refractivity contribution in [3.8, 4) is 0 Å². The molecule has 1 fully saturated rings. The number of hydrogen-bond acceptors (Lipinski definition) is 3. The van der Waals surface area contributed by atoms with Crippen molar-refractivity contribution in [3.63, 3.8) is 0 Å². The lowest BCUT2D eigenvalue weighted by molar-refractivity contribution is -0.136. The zero-order chi connectivity index (χ0) is 12.7. The van der Waals surface area contributed by atoms with E-state index in [2.05, 4.69) is 12.2 Å². The van der Waals surface area contributed by atoms with Crippen LogP contribution in [-0.4, -0.2) is 48.7 Å². The van der Waals surface area contributed by atoms with Crippen LogP contribution in [0.4, 0.5) is 0 Å². The molecule has 2 atom stereocenters. The molecular weight excluding hydrogens is 216 g/mol. The van der Waals surface area contributed by atoms with Gasteiger partial charge in [-0.15, -0.1) is 0 Å². The number of likely N-dealkylation sites (tertiary alicyclic amines) is 1. The Morgan fingerprint density at radius 1 is 1.59 bits per heavy atom. The second kappa shape index (κ2) is 7.67. The SMILES string of the molecule is CCNCC(C)C(=O)N1CCCC(CCO)C1. The van der Waals surface area contributed by atoms with Crippen LogP contribution in [0.2, 0.25) is 0 Å². The van der Waals surface area contributed by atoms with Crippen LogP contribution in [0.15, 0.2) is 0 Å². The lowest BCUT2D eigenvalue weighted by atomic mass is 9.94. The normalized spacial score (nSPS) is 22.5. The summed E-state index contributed by atoms with van der Waals surface area (Å²) in [6.07, 6.45) is 3.04. The third kappa shape index (κ3) is 4.64. The van der Waals surface area contributed by atoms with Gasteiger partial charge in [-0.25, -0.2) is 0 Å². The van der Waals surface area contributed by atoms with Gasteiger partial charge in [-0.05, 0) is 31.7 Å². The summed E-state index contributed by atoms with van der Waals surface area (Å²) in [4.78, 5) is 14.2. The monoisotopic (exact) mass is 242 g/mol. The van der Waals surface area contributed by atoms with Gasteiger partial charge >= 0.3 is 0 Å². The van der Waals surface area contributed by atoms with Gasteiger partial charge in [-0.3, -0.25) is 4.79 Å². The Morgan fingerprint density at radius 3 is 3.00 bits per heavy atom. The maximum atomic E-state index is 12.2. The molecule has 1 aliphatic heterocycles. The van der Waals surface area contributed by atoms with Crippen LogP contribution >= 0.6 is 0 Å². The van der Waals surface area contributed by atoms with Gasteiger partial charge in [0.15, 0.2) is 0 Å². The van der Waals surface area contributed by atoms with E-state index in [9.17, 15) is 4.79 Å². The van der Waals surface area contributed by atoms with E-state index in [0.717, 1.165) is 45.4 Å². The first-order valence-corrected chi connectivity index (χ1v) is 6.79. The van der Waals surface area contributed by atoms with Gasteiger partial charge in [0.2, 0.25) is 5.91 Å². The Kier molecular flexibility index (Phi) is 6.52. The summed E-state index contributed by atoms with van der Waals surface area (Å²) < 4.78 is 0. The molecule has 0 spiro atoms. The molecule has 2 unspecified atom stereocenters. The Labute approximate surface area is 104 Å². The molecule has 0 aromatic heterocycles. The highest BCUT2D eigenvalue weighted by Gasteiger charge is 2.26. The van der Waals surface area contributed by atoms with Crippen LogP contribution in [0, 0.1) is 11.8 Å². The fraction of sp³-hybridized carbons (Fsp3) is 0.923. The van der Waals surface area contributed by atoms with Gasteiger partial charge < -0.3 is 15.3 Å². The molecule has 17 heavy (non-hydrogen) atoms. The van der Waals surface area contributed by atoms with Gasteiger partial charge in [0.1, 0.15) is 0 Å². The first kappa shape index (κ1) is 14.5. The lowest BCUT2D eigenvalue weighted by Crippen LogP contribution is -2.44. The molecule has 100 valence electrons. The van der Waals surface area contributed by atoms with E-state index in [0.29, 0.717) is 5.92 Å². The standard InChI is InChI=1S/C13H26N2O2/c1-3-14-9-11(2)13(17)15-7-4-5-12(10-15)6-8-16/h11-12,14,16H,3-10H2,1-2H3.